The van der Waals surface area contributed by atoms with Crippen LogP contribution in [0.1, 0.15) is 37.7 Å². The number of hydrogen-bond acceptors (Lipinski definition) is 5. The van der Waals surface area contributed by atoms with Crippen molar-refractivity contribution in [3.8, 4) is 11.3 Å². The van der Waals surface area contributed by atoms with E-state index in [9.17, 15) is 14.4 Å². The average Bonchev–Trinajstić information content (AvgIpc) is 3.22. The van der Waals surface area contributed by atoms with Crippen LogP contribution in [0, 0.1) is 6.92 Å². The Morgan fingerprint density at radius 2 is 1.93 bits per heavy atom. The number of anilines is 1. The second-order valence-electron chi connectivity index (χ2n) is 7.42. The molecular weight excluding hydrogens is 376 g/mol. The van der Waals surface area contributed by atoms with Crippen molar-refractivity contribution < 1.29 is 14.4 Å². The first-order valence-electron chi connectivity index (χ1n) is 9.43. The van der Waals surface area contributed by atoms with Crippen LogP contribution in [0.15, 0.2) is 29.6 Å². The first kappa shape index (κ1) is 18.6. The Labute approximate surface area is 167 Å². The predicted octanol–water partition coefficient (Wildman–Crippen LogP) is 3.31. The fourth-order valence-electron chi connectivity index (χ4n) is 3.80. The molecule has 8 heteroatoms. The van der Waals surface area contributed by atoms with Crippen molar-refractivity contribution >= 4 is 34.3 Å². The molecule has 0 unspecified atom stereocenters. The van der Waals surface area contributed by atoms with Gasteiger partial charge in [0, 0.05) is 10.9 Å². The lowest BCUT2D eigenvalue weighted by atomic mass is 9.82. The molecule has 1 saturated carbocycles. The fraction of sp³-hybridized carbons (Fsp3) is 0.400. The van der Waals surface area contributed by atoms with Gasteiger partial charge in [0.25, 0.3) is 5.91 Å². The van der Waals surface area contributed by atoms with Crippen molar-refractivity contribution in [2.24, 2.45) is 0 Å². The summed E-state index contributed by atoms with van der Waals surface area (Å²) < 4.78 is 0. The van der Waals surface area contributed by atoms with Gasteiger partial charge in [0.05, 0.1) is 5.69 Å². The number of nitrogens with zero attached hydrogens (tertiary/aromatic N) is 2. The molecular formula is C20H22N4O3S. The Hall–Kier alpha value is -2.74. The van der Waals surface area contributed by atoms with Gasteiger partial charge in [0.2, 0.25) is 5.91 Å². The Morgan fingerprint density at radius 1 is 1.21 bits per heavy atom. The van der Waals surface area contributed by atoms with Gasteiger partial charge in [0.1, 0.15) is 12.1 Å². The summed E-state index contributed by atoms with van der Waals surface area (Å²) in [5.41, 5.74) is 2.10. The summed E-state index contributed by atoms with van der Waals surface area (Å²) in [6, 6.07) is 7.48. The van der Waals surface area contributed by atoms with E-state index in [4.69, 9.17) is 0 Å². The van der Waals surface area contributed by atoms with Gasteiger partial charge in [-0.25, -0.2) is 9.78 Å². The number of carbonyl (C=O) groups excluding carboxylic acids is 3. The Morgan fingerprint density at radius 3 is 2.64 bits per heavy atom. The lowest BCUT2D eigenvalue weighted by Gasteiger charge is -2.30. The fourth-order valence-corrected chi connectivity index (χ4v) is 4.54. The smallest absolute Gasteiger partial charge is 0.323 e. The summed E-state index contributed by atoms with van der Waals surface area (Å²) in [6.45, 7) is 1.72. The van der Waals surface area contributed by atoms with Crippen LogP contribution in [0.25, 0.3) is 11.3 Å². The zero-order valence-corrected chi connectivity index (χ0v) is 16.5. The molecule has 1 aromatic heterocycles. The third-order valence-corrected chi connectivity index (χ3v) is 6.11. The molecule has 2 N–H and O–H groups in total. The molecule has 0 bridgehead atoms. The lowest BCUT2D eigenvalue weighted by molar-refractivity contribution is -0.134. The number of carbonyl (C=O) groups is 3. The molecule has 7 nitrogen and oxygen atoms in total. The van der Waals surface area contributed by atoms with Gasteiger partial charge in [-0.05, 0) is 19.8 Å². The summed E-state index contributed by atoms with van der Waals surface area (Å²) in [6.07, 6.45) is 4.17. The van der Waals surface area contributed by atoms with E-state index in [-0.39, 0.29) is 12.5 Å². The number of amides is 4. The molecule has 1 spiro atoms. The Bertz CT molecular complexity index is 916. The van der Waals surface area contributed by atoms with Crippen molar-refractivity contribution in [1.82, 2.24) is 15.2 Å². The number of nitrogens with one attached hydrogen (secondary N) is 2. The number of aryl methyl sites for hydroxylation is 1. The number of urea groups is 1. The summed E-state index contributed by atoms with van der Waals surface area (Å²) in [5.74, 6) is -0.715. The predicted molar refractivity (Wildman–Crippen MR) is 107 cm³/mol. The molecule has 1 aliphatic heterocycles. The first-order valence-corrected chi connectivity index (χ1v) is 10.3. The zero-order chi connectivity index (χ0) is 19.7. The Kier molecular flexibility index (Phi) is 4.89. The number of imide groups is 1. The lowest BCUT2D eigenvalue weighted by Crippen LogP contribution is -2.48. The standard InChI is InChI=1S/C20H22N4O3S/c1-13-5-7-14(8-6-13)15-12-28-18(21-15)22-16(25)11-24-17(26)20(23-19(24)27)9-3-2-4-10-20/h5-8,12H,2-4,9-11H2,1H3,(H,23,27)(H,21,22,25). The van der Waals surface area contributed by atoms with Crippen LogP contribution in [0.2, 0.25) is 0 Å². The third-order valence-electron chi connectivity index (χ3n) is 5.35. The molecule has 146 valence electrons. The number of thiazole rings is 1. The molecule has 2 aromatic rings. The van der Waals surface area contributed by atoms with Crippen LogP contribution in [0.4, 0.5) is 9.93 Å². The number of aromatic nitrogens is 1. The van der Waals surface area contributed by atoms with Gasteiger partial charge in [-0.1, -0.05) is 49.1 Å². The van der Waals surface area contributed by atoms with Gasteiger partial charge in [0.15, 0.2) is 5.13 Å². The van der Waals surface area contributed by atoms with Crippen LogP contribution in [-0.4, -0.2) is 39.8 Å². The van der Waals surface area contributed by atoms with Crippen molar-refractivity contribution in [3.63, 3.8) is 0 Å². The van der Waals surface area contributed by atoms with Crippen molar-refractivity contribution in [3.05, 3.63) is 35.2 Å². The number of hydrogen-bond donors (Lipinski definition) is 2. The number of rotatable bonds is 4. The number of benzene rings is 1. The zero-order valence-electron chi connectivity index (χ0n) is 15.7. The molecule has 28 heavy (non-hydrogen) atoms. The molecule has 1 aromatic carbocycles. The van der Waals surface area contributed by atoms with Crippen LogP contribution in [-0.2, 0) is 9.59 Å². The van der Waals surface area contributed by atoms with Gasteiger partial charge in [-0.3, -0.25) is 14.5 Å². The minimum atomic E-state index is -0.810. The van der Waals surface area contributed by atoms with E-state index in [1.165, 1.54) is 11.3 Å². The summed E-state index contributed by atoms with van der Waals surface area (Å²) in [4.78, 5) is 42.9. The van der Waals surface area contributed by atoms with E-state index in [2.05, 4.69) is 15.6 Å². The largest absolute Gasteiger partial charge is 0.325 e. The molecule has 1 aliphatic carbocycles. The summed E-state index contributed by atoms with van der Waals surface area (Å²) in [5, 5.41) is 7.82. The topological polar surface area (TPSA) is 91.4 Å². The SMILES string of the molecule is Cc1ccc(-c2csc(NC(=O)CN3C(=O)NC4(CCCCC4)C3=O)n2)cc1. The van der Waals surface area contributed by atoms with Gasteiger partial charge in [-0.15, -0.1) is 11.3 Å². The molecule has 0 radical (unpaired) electrons. The van der Waals surface area contributed by atoms with Crippen LogP contribution < -0.4 is 10.6 Å². The van der Waals surface area contributed by atoms with Crippen molar-refractivity contribution in [2.45, 2.75) is 44.6 Å². The van der Waals surface area contributed by atoms with E-state index >= 15 is 0 Å². The first-order chi connectivity index (χ1) is 13.5. The molecule has 2 fully saturated rings. The highest BCUT2D eigenvalue weighted by molar-refractivity contribution is 7.14. The minimum absolute atomic E-state index is 0.285. The molecule has 4 amide bonds. The molecule has 2 aliphatic rings. The normalized spacial score (nSPS) is 18.4. The van der Waals surface area contributed by atoms with E-state index in [1.807, 2.05) is 36.6 Å². The third kappa shape index (κ3) is 3.52. The van der Waals surface area contributed by atoms with E-state index < -0.39 is 17.5 Å². The Balaban J connectivity index is 1.40. The second-order valence-corrected chi connectivity index (χ2v) is 8.27. The van der Waals surface area contributed by atoms with Gasteiger partial charge >= 0.3 is 6.03 Å². The summed E-state index contributed by atoms with van der Waals surface area (Å²) in [7, 11) is 0. The van der Waals surface area contributed by atoms with E-state index in [0.29, 0.717) is 18.0 Å². The molecule has 1 saturated heterocycles. The second kappa shape index (κ2) is 7.35. The van der Waals surface area contributed by atoms with Gasteiger partial charge < -0.3 is 10.6 Å². The highest BCUT2D eigenvalue weighted by Gasteiger charge is 2.51. The molecule has 4 rings (SSSR count). The van der Waals surface area contributed by atoms with Crippen molar-refractivity contribution in [2.75, 3.05) is 11.9 Å². The van der Waals surface area contributed by atoms with Crippen LogP contribution in [0.5, 0.6) is 0 Å². The van der Waals surface area contributed by atoms with Crippen LogP contribution >= 0.6 is 11.3 Å². The maximum Gasteiger partial charge on any atom is 0.325 e. The molecule has 2 heterocycles. The average molecular weight is 398 g/mol. The maximum absolute atomic E-state index is 12.7. The van der Waals surface area contributed by atoms with E-state index in [1.54, 1.807) is 0 Å². The van der Waals surface area contributed by atoms with Crippen molar-refractivity contribution in [1.29, 1.82) is 0 Å². The van der Waals surface area contributed by atoms with Crippen LogP contribution in [0.3, 0.4) is 0 Å². The maximum atomic E-state index is 12.7. The quantitative estimate of drug-likeness (QED) is 0.773. The van der Waals surface area contributed by atoms with Gasteiger partial charge in [-0.2, -0.15) is 0 Å². The minimum Gasteiger partial charge on any atom is -0.323 e. The van der Waals surface area contributed by atoms with E-state index in [0.717, 1.165) is 41.0 Å². The highest BCUT2D eigenvalue weighted by Crippen LogP contribution is 2.33. The monoisotopic (exact) mass is 398 g/mol. The molecule has 0 atom stereocenters. The highest BCUT2D eigenvalue weighted by atomic mass is 32.1. The summed E-state index contributed by atoms with van der Waals surface area (Å²) >= 11 is 1.31.